The predicted octanol–water partition coefficient (Wildman–Crippen LogP) is 2.61. The lowest BCUT2D eigenvalue weighted by Crippen LogP contribution is -2.03. The standard InChI is InChI=1S/C13H16O2/c1-15-13-4-2-3-11(9-13)8-12(14)7-10-5-6-10/h2-4,9-10H,5-8H2,1H3. The molecule has 0 atom stereocenters. The van der Waals surface area contributed by atoms with Crippen molar-refractivity contribution in [3.05, 3.63) is 29.8 Å². The summed E-state index contributed by atoms with van der Waals surface area (Å²) in [6, 6.07) is 7.74. The highest BCUT2D eigenvalue weighted by molar-refractivity contribution is 5.81. The molecule has 0 amide bonds. The van der Waals surface area contributed by atoms with Crippen LogP contribution in [0.1, 0.15) is 24.8 Å². The number of benzene rings is 1. The summed E-state index contributed by atoms with van der Waals surface area (Å²) >= 11 is 0. The van der Waals surface area contributed by atoms with Crippen molar-refractivity contribution in [2.24, 2.45) is 5.92 Å². The molecule has 1 aliphatic carbocycles. The first-order chi connectivity index (χ1) is 7.28. The van der Waals surface area contributed by atoms with Crippen LogP contribution in [0.3, 0.4) is 0 Å². The molecule has 0 aromatic heterocycles. The lowest BCUT2D eigenvalue weighted by molar-refractivity contribution is -0.118. The largest absolute Gasteiger partial charge is 0.497 e. The van der Waals surface area contributed by atoms with Gasteiger partial charge in [-0.1, -0.05) is 12.1 Å². The summed E-state index contributed by atoms with van der Waals surface area (Å²) in [5, 5.41) is 0. The molecular formula is C13H16O2. The van der Waals surface area contributed by atoms with Gasteiger partial charge in [0.2, 0.25) is 0 Å². The van der Waals surface area contributed by atoms with Gasteiger partial charge in [-0.2, -0.15) is 0 Å². The Balaban J connectivity index is 1.93. The number of carbonyl (C=O) groups is 1. The molecular weight excluding hydrogens is 188 g/mol. The zero-order chi connectivity index (χ0) is 10.7. The minimum Gasteiger partial charge on any atom is -0.497 e. The van der Waals surface area contributed by atoms with Crippen molar-refractivity contribution in [3.63, 3.8) is 0 Å². The Morgan fingerprint density at radius 3 is 2.93 bits per heavy atom. The third-order valence-corrected chi connectivity index (χ3v) is 2.75. The Morgan fingerprint density at radius 2 is 2.27 bits per heavy atom. The maximum Gasteiger partial charge on any atom is 0.137 e. The van der Waals surface area contributed by atoms with Crippen LogP contribution in [0.25, 0.3) is 0 Å². The average Bonchev–Trinajstić information content (AvgIpc) is 3.02. The van der Waals surface area contributed by atoms with Crippen LogP contribution in [-0.2, 0) is 11.2 Å². The molecule has 2 heteroatoms. The number of rotatable bonds is 5. The monoisotopic (exact) mass is 204 g/mol. The summed E-state index contributed by atoms with van der Waals surface area (Å²) in [7, 11) is 1.64. The van der Waals surface area contributed by atoms with Crippen LogP contribution in [0, 0.1) is 5.92 Å². The zero-order valence-corrected chi connectivity index (χ0v) is 9.03. The van der Waals surface area contributed by atoms with Crippen LogP contribution >= 0.6 is 0 Å². The number of ether oxygens (including phenoxy) is 1. The molecule has 0 unspecified atom stereocenters. The maximum absolute atomic E-state index is 11.6. The van der Waals surface area contributed by atoms with Crippen molar-refractivity contribution in [2.45, 2.75) is 25.7 Å². The van der Waals surface area contributed by atoms with Crippen LogP contribution in [0.5, 0.6) is 5.75 Å². The second kappa shape index (κ2) is 4.47. The van der Waals surface area contributed by atoms with Crippen LogP contribution in [-0.4, -0.2) is 12.9 Å². The van der Waals surface area contributed by atoms with Gasteiger partial charge in [-0.05, 0) is 36.5 Å². The number of hydrogen-bond acceptors (Lipinski definition) is 2. The lowest BCUT2D eigenvalue weighted by atomic mass is 10.1. The van der Waals surface area contributed by atoms with E-state index in [1.165, 1.54) is 12.8 Å². The van der Waals surface area contributed by atoms with Gasteiger partial charge >= 0.3 is 0 Å². The van der Waals surface area contributed by atoms with E-state index in [9.17, 15) is 4.79 Å². The molecule has 0 bridgehead atoms. The van der Waals surface area contributed by atoms with Gasteiger partial charge in [-0.15, -0.1) is 0 Å². The van der Waals surface area contributed by atoms with Crippen LogP contribution in [0.15, 0.2) is 24.3 Å². The first kappa shape index (κ1) is 10.2. The topological polar surface area (TPSA) is 26.3 Å². The Labute approximate surface area is 90.3 Å². The molecule has 1 aliphatic rings. The third kappa shape index (κ3) is 3.08. The number of methoxy groups -OCH3 is 1. The van der Waals surface area contributed by atoms with E-state index in [0.29, 0.717) is 18.1 Å². The van der Waals surface area contributed by atoms with Crippen molar-refractivity contribution in [2.75, 3.05) is 7.11 Å². The van der Waals surface area contributed by atoms with Crippen molar-refractivity contribution in [1.29, 1.82) is 0 Å². The first-order valence-corrected chi connectivity index (χ1v) is 5.42. The van der Waals surface area contributed by atoms with Gasteiger partial charge in [-0.25, -0.2) is 0 Å². The molecule has 2 nitrogen and oxygen atoms in total. The summed E-state index contributed by atoms with van der Waals surface area (Å²) in [6.07, 6.45) is 3.79. The van der Waals surface area contributed by atoms with Crippen molar-refractivity contribution < 1.29 is 9.53 Å². The van der Waals surface area contributed by atoms with Crippen LogP contribution in [0.4, 0.5) is 0 Å². The van der Waals surface area contributed by atoms with Gasteiger partial charge in [0.15, 0.2) is 0 Å². The van der Waals surface area contributed by atoms with Gasteiger partial charge in [-0.3, -0.25) is 4.79 Å². The quantitative estimate of drug-likeness (QED) is 0.737. The van der Waals surface area contributed by atoms with E-state index in [0.717, 1.165) is 17.7 Å². The molecule has 80 valence electrons. The SMILES string of the molecule is COc1cccc(CC(=O)CC2CC2)c1. The highest BCUT2D eigenvalue weighted by Crippen LogP contribution is 2.32. The number of ketones is 1. The average molecular weight is 204 g/mol. The van der Waals surface area contributed by atoms with E-state index in [-0.39, 0.29) is 0 Å². The van der Waals surface area contributed by atoms with Crippen LogP contribution in [0.2, 0.25) is 0 Å². The smallest absolute Gasteiger partial charge is 0.137 e. The van der Waals surface area contributed by atoms with Gasteiger partial charge in [0, 0.05) is 12.8 Å². The van der Waals surface area contributed by atoms with Gasteiger partial charge < -0.3 is 4.74 Å². The van der Waals surface area contributed by atoms with Crippen molar-refractivity contribution in [1.82, 2.24) is 0 Å². The molecule has 0 N–H and O–H groups in total. The first-order valence-electron chi connectivity index (χ1n) is 5.42. The van der Waals surface area contributed by atoms with Gasteiger partial charge in [0.05, 0.1) is 7.11 Å². The summed E-state index contributed by atoms with van der Waals surface area (Å²) in [5.74, 6) is 1.86. The second-order valence-corrected chi connectivity index (χ2v) is 4.21. The molecule has 2 rings (SSSR count). The Morgan fingerprint density at radius 1 is 1.47 bits per heavy atom. The van der Waals surface area contributed by atoms with Gasteiger partial charge in [0.25, 0.3) is 0 Å². The highest BCUT2D eigenvalue weighted by atomic mass is 16.5. The number of hydrogen-bond donors (Lipinski definition) is 0. The van der Waals surface area contributed by atoms with E-state index >= 15 is 0 Å². The summed E-state index contributed by atoms with van der Waals surface area (Å²) < 4.78 is 5.12. The second-order valence-electron chi connectivity index (χ2n) is 4.21. The fourth-order valence-corrected chi connectivity index (χ4v) is 1.73. The fraction of sp³-hybridized carbons (Fsp3) is 0.462. The van der Waals surface area contributed by atoms with E-state index in [1.54, 1.807) is 7.11 Å². The molecule has 0 radical (unpaired) electrons. The van der Waals surface area contributed by atoms with Crippen molar-refractivity contribution >= 4 is 5.78 Å². The molecule has 0 spiro atoms. The molecule has 0 heterocycles. The molecule has 1 saturated carbocycles. The highest BCUT2D eigenvalue weighted by Gasteiger charge is 2.24. The van der Waals surface area contributed by atoms with Crippen molar-refractivity contribution in [3.8, 4) is 5.75 Å². The predicted molar refractivity (Wildman–Crippen MR) is 59.0 cm³/mol. The summed E-state index contributed by atoms with van der Waals surface area (Å²) in [4.78, 5) is 11.6. The zero-order valence-electron chi connectivity index (χ0n) is 9.03. The molecule has 15 heavy (non-hydrogen) atoms. The molecule has 1 aromatic rings. The van der Waals surface area contributed by atoms with Gasteiger partial charge in [0.1, 0.15) is 11.5 Å². The Bertz CT molecular complexity index is 353. The van der Waals surface area contributed by atoms with Crippen LogP contribution < -0.4 is 4.74 Å². The van der Waals surface area contributed by atoms with E-state index in [4.69, 9.17) is 4.74 Å². The Hall–Kier alpha value is -1.31. The minimum absolute atomic E-state index is 0.353. The minimum atomic E-state index is 0.353. The fourth-order valence-electron chi connectivity index (χ4n) is 1.73. The maximum atomic E-state index is 11.6. The number of Topliss-reactive ketones (excluding diaryl/α,β-unsaturated/α-hetero) is 1. The lowest BCUT2D eigenvalue weighted by Gasteiger charge is -2.03. The molecule has 0 aliphatic heterocycles. The van der Waals surface area contributed by atoms with E-state index < -0.39 is 0 Å². The molecule has 0 saturated heterocycles. The summed E-state index contributed by atoms with van der Waals surface area (Å²) in [5.41, 5.74) is 1.06. The number of carbonyl (C=O) groups excluding carboxylic acids is 1. The normalized spacial score (nSPS) is 15.0. The van der Waals surface area contributed by atoms with E-state index in [2.05, 4.69) is 0 Å². The summed E-state index contributed by atoms with van der Waals surface area (Å²) in [6.45, 7) is 0. The van der Waals surface area contributed by atoms with E-state index in [1.807, 2.05) is 24.3 Å². The molecule has 1 fully saturated rings. The Kier molecular flexibility index (Phi) is 3.05. The third-order valence-electron chi connectivity index (χ3n) is 2.75. The molecule has 1 aromatic carbocycles.